The van der Waals surface area contributed by atoms with Crippen LogP contribution in [0.3, 0.4) is 0 Å². The van der Waals surface area contributed by atoms with E-state index in [-0.39, 0.29) is 12.7 Å². The molecule has 0 fully saturated rings. The fourth-order valence-corrected chi connectivity index (χ4v) is 4.78. The summed E-state index contributed by atoms with van der Waals surface area (Å²) in [5, 5.41) is 7.28. The van der Waals surface area contributed by atoms with Crippen LogP contribution in [0.25, 0.3) is 21.3 Å². The lowest BCUT2D eigenvalue weighted by Gasteiger charge is -2.10. The molecule has 8 heteroatoms. The highest BCUT2D eigenvalue weighted by atomic mass is 32.1. The second-order valence-electron chi connectivity index (χ2n) is 7.44. The van der Waals surface area contributed by atoms with E-state index >= 15 is 0 Å². The Kier molecular flexibility index (Phi) is 5.60. The van der Waals surface area contributed by atoms with Crippen molar-refractivity contribution < 1.29 is 14.3 Å². The molecular formula is C24H22N4O3S. The first-order valence-electron chi connectivity index (χ1n) is 10.4. The summed E-state index contributed by atoms with van der Waals surface area (Å²) in [6, 6.07) is 15.9. The molecule has 1 aliphatic heterocycles. The molecule has 3 heterocycles. The number of hydrogen-bond donors (Lipinski definition) is 2. The Bertz CT molecular complexity index is 1270. The average molecular weight is 447 g/mol. The van der Waals surface area contributed by atoms with Crippen LogP contribution in [0, 0.1) is 6.92 Å². The third-order valence-corrected chi connectivity index (χ3v) is 6.31. The van der Waals surface area contributed by atoms with E-state index in [2.05, 4.69) is 39.7 Å². The number of ether oxygens (including phenoxy) is 2. The van der Waals surface area contributed by atoms with Crippen LogP contribution in [0.5, 0.6) is 11.5 Å². The highest BCUT2D eigenvalue weighted by Crippen LogP contribution is 2.40. The summed E-state index contributed by atoms with van der Waals surface area (Å²) in [6.07, 6.45) is 1.90. The Balaban J connectivity index is 1.23. The highest BCUT2D eigenvalue weighted by molar-refractivity contribution is 7.19. The second-order valence-corrected chi connectivity index (χ2v) is 8.65. The molecule has 162 valence electrons. The number of aromatic nitrogens is 2. The van der Waals surface area contributed by atoms with Crippen molar-refractivity contribution in [2.45, 2.75) is 19.9 Å². The van der Waals surface area contributed by atoms with E-state index in [9.17, 15) is 4.79 Å². The zero-order chi connectivity index (χ0) is 21.9. The number of amides is 1. The van der Waals surface area contributed by atoms with Gasteiger partial charge in [0.1, 0.15) is 17.0 Å². The zero-order valence-corrected chi connectivity index (χ0v) is 18.4. The van der Waals surface area contributed by atoms with Gasteiger partial charge in [-0.05, 0) is 30.2 Å². The number of nitrogens with zero attached hydrogens (tertiary/aromatic N) is 2. The van der Waals surface area contributed by atoms with Crippen molar-refractivity contribution in [2.75, 3.05) is 18.7 Å². The maximum Gasteiger partial charge on any atom is 0.231 e. The molecule has 7 nitrogen and oxygen atoms in total. The first-order chi connectivity index (χ1) is 15.7. The van der Waals surface area contributed by atoms with Gasteiger partial charge >= 0.3 is 0 Å². The summed E-state index contributed by atoms with van der Waals surface area (Å²) in [4.78, 5) is 23.4. The number of rotatable bonds is 7. The predicted octanol–water partition coefficient (Wildman–Crippen LogP) is 4.51. The normalized spacial score (nSPS) is 12.2. The lowest BCUT2D eigenvalue weighted by molar-refractivity contribution is -0.121. The molecule has 0 bridgehead atoms. The molecule has 2 aromatic carbocycles. The first-order valence-corrected chi connectivity index (χ1v) is 11.2. The van der Waals surface area contributed by atoms with E-state index < -0.39 is 0 Å². The Morgan fingerprint density at radius 3 is 2.81 bits per heavy atom. The third kappa shape index (κ3) is 4.09. The van der Waals surface area contributed by atoms with Gasteiger partial charge in [-0.15, -0.1) is 11.3 Å². The molecule has 0 saturated carbocycles. The van der Waals surface area contributed by atoms with Crippen LogP contribution in [-0.4, -0.2) is 29.2 Å². The SMILES string of the molecule is Cc1sc2ncnc(NCCC(=O)NCc3ccc4c(c3)OCO4)c2c1-c1ccccc1. The average Bonchev–Trinajstić information content (AvgIpc) is 3.41. The predicted molar refractivity (Wildman–Crippen MR) is 125 cm³/mol. The molecule has 1 aliphatic rings. The number of fused-ring (bicyclic) bond motifs is 2. The molecule has 4 aromatic rings. The van der Waals surface area contributed by atoms with Crippen LogP contribution in [-0.2, 0) is 11.3 Å². The summed E-state index contributed by atoms with van der Waals surface area (Å²) in [7, 11) is 0. The van der Waals surface area contributed by atoms with Gasteiger partial charge < -0.3 is 20.1 Å². The number of aryl methyl sites for hydroxylation is 1. The van der Waals surface area contributed by atoms with E-state index in [0.29, 0.717) is 25.3 Å². The van der Waals surface area contributed by atoms with E-state index in [1.165, 1.54) is 4.88 Å². The van der Waals surface area contributed by atoms with Crippen molar-refractivity contribution in [1.29, 1.82) is 0 Å². The number of thiophene rings is 1. The molecule has 0 unspecified atom stereocenters. The van der Waals surface area contributed by atoms with Crippen molar-refractivity contribution in [1.82, 2.24) is 15.3 Å². The van der Waals surface area contributed by atoms with Gasteiger partial charge in [-0.2, -0.15) is 0 Å². The molecule has 0 spiro atoms. The number of nitrogens with one attached hydrogen (secondary N) is 2. The Morgan fingerprint density at radius 1 is 1.09 bits per heavy atom. The van der Waals surface area contributed by atoms with Crippen molar-refractivity contribution in [3.8, 4) is 22.6 Å². The van der Waals surface area contributed by atoms with Crippen molar-refractivity contribution in [2.24, 2.45) is 0 Å². The van der Waals surface area contributed by atoms with Crippen LogP contribution < -0.4 is 20.1 Å². The van der Waals surface area contributed by atoms with Crippen LogP contribution >= 0.6 is 11.3 Å². The third-order valence-electron chi connectivity index (χ3n) is 5.30. The lowest BCUT2D eigenvalue weighted by Crippen LogP contribution is -2.25. The van der Waals surface area contributed by atoms with E-state index in [0.717, 1.165) is 38.5 Å². The molecule has 2 aromatic heterocycles. The number of hydrogen-bond acceptors (Lipinski definition) is 7. The largest absolute Gasteiger partial charge is 0.454 e. The quantitative estimate of drug-likeness (QED) is 0.434. The van der Waals surface area contributed by atoms with Crippen LogP contribution in [0.15, 0.2) is 54.9 Å². The maximum atomic E-state index is 12.4. The number of carbonyl (C=O) groups excluding carboxylic acids is 1. The summed E-state index contributed by atoms with van der Waals surface area (Å²) >= 11 is 1.65. The topological polar surface area (TPSA) is 85.4 Å². The fourth-order valence-electron chi connectivity index (χ4n) is 3.77. The molecule has 0 atom stereocenters. The summed E-state index contributed by atoms with van der Waals surface area (Å²) in [5.41, 5.74) is 3.24. The van der Waals surface area contributed by atoms with Crippen LogP contribution in [0.4, 0.5) is 5.82 Å². The standard InChI is InChI=1S/C24H22N4O3S/c1-15-21(17-5-3-2-4-6-17)22-23(27-13-28-24(22)32-15)25-10-9-20(29)26-12-16-7-8-18-19(11-16)31-14-30-18/h2-8,11,13H,9-10,12,14H2,1H3,(H,26,29)(H,25,27,28). The Hall–Kier alpha value is -3.65. The van der Waals surface area contributed by atoms with Gasteiger partial charge in [0.2, 0.25) is 12.7 Å². The van der Waals surface area contributed by atoms with Gasteiger partial charge in [-0.25, -0.2) is 9.97 Å². The van der Waals surface area contributed by atoms with E-state index in [4.69, 9.17) is 9.47 Å². The minimum absolute atomic E-state index is 0.0368. The zero-order valence-electron chi connectivity index (χ0n) is 17.6. The van der Waals surface area contributed by atoms with Gasteiger partial charge in [-0.3, -0.25) is 4.79 Å². The molecule has 0 radical (unpaired) electrons. The van der Waals surface area contributed by atoms with Gasteiger partial charge in [0.25, 0.3) is 0 Å². The van der Waals surface area contributed by atoms with Crippen LogP contribution in [0.1, 0.15) is 16.9 Å². The van der Waals surface area contributed by atoms with Gasteiger partial charge in [-0.1, -0.05) is 36.4 Å². The Labute approximate surface area is 189 Å². The van der Waals surface area contributed by atoms with Gasteiger partial charge in [0.15, 0.2) is 11.5 Å². The monoisotopic (exact) mass is 446 g/mol. The smallest absolute Gasteiger partial charge is 0.231 e. The highest BCUT2D eigenvalue weighted by Gasteiger charge is 2.17. The first kappa shape index (κ1) is 20.3. The summed E-state index contributed by atoms with van der Waals surface area (Å²) in [5.74, 6) is 2.16. The maximum absolute atomic E-state index is 12.4. The van der Waals surface area contributed by atoms with Gasteiger partial charge in [0.05, 0.1) is 5.39 Å². The van der Waals surface area contributed by atoms with E-state index in [1.807, 2.05) is 36.4 Å². The molecule has 0 aliphatic carbocycles. The molecule has 0 saturated heterocycles. The van der Waals surface area contributed by atoms with Crippen molar-refractivity contribution in [3.63, 3.8) is 0 Å². The number of carbonyl (C=O) groups is 1. The lowest BCUT2D eigenvalue weighted by atomic mass is 10.0. The van der Waals surface area contributed by atoms with Crippen molar-refractivity contribution >= 4 is 33.3 Å². The van der Waals surface area contributed by atoms with Crippen molar-refractivity contribution in [3.05, 3.63) is 65.3 Å². The van der Waals surface area contributed by atoms with Crippen LogP contribution in [0.2, 0.25) is 0 Å². The minimum atomic E-state index is -0.0368. The molecule has 5 rings (SSSR count). The molecular weight excluding hydrogens is 424 g/mol. The number of anilines is 1. The van der Waals surface area contributed by atoms with E-state index in [1.54, 1.807) is 17.7 Å². The molecule has 32 heavy (non-hydrogen) atoms. The Morgan fingerprint density at radius 2 is 1.94 bits per heavy atom. The second kappa shape index (κ2) is 8.84. The summed E-state index contributed by atoms with van der Waals surface area (Å²) < 4.78 is 10.7. The number of benzene rings is 2. The minimum Gasteiger partial charge on any atom is -0.454 e. The molecule has 2 N–H and O–H groups in total. The molecule has 1 amide bonds. The summed E-state index contributed by atoms with van der Waals surface area (Å²) in [6.45, 7) is 3.25. The van der Waals surface area contributed by atoms with Gasteiger partial charge in [0, 0.05) is 30.0 Å². The fraction of sp³-hybridized carbons (Fsp3) is 0.208.